The molecule has 0 unspecified atom stereocenters. The predicted molar refractivity (Wildman–Crippen MR) is 132 cm³/mol. The van der Waals surface area contributed by atoms with Gasteiger partial charge in [-0.15, -0.1) is 0 Å². The van der Waals surface area contributed by atoms with Crippen molar-refractivity contribution in [2.45, 2.75) is 6.92 Å². The molecule has 0 saturated carbocycles. The van der Waals surface area contributed by atoms with Crippen LogP contribution in [-0.4, -0.2) is 29.5 Å². The lowest BCUT2D eigenvalue weighted by molar-refractivity contribution is -0.394. The maximum absolute atomic E-state index is 12.3. The van der Waals surface area contributed by atoms with E-state index in [-0.39, 0.29) is 29.4 Å². The van der Waals surface area contributed by atoms with Crippen molar-refractivity contribution >= 4 is 45.4 Å². The zero-order valence-corrected chi connectivity index (χ0v) is 20.2. The molecule has 3 aromatic rings. The third-order valence-corrected chi connectivity index (χ3v) is 5.34. The van der Waals surface area contributed by atoms with Gasteiger partial charge in [0.2, 0.25) is 0 Å². The first-order chi connectivity index (χ1) is 16.7. The number of ether oxygens (including phenoxy) is 3. The molecule has 0 amide bonds. The van der Waals surface area contributed by atoms with Crippen LogP contribution in [0.4, 0.5) is 11.4 Å². The zero-order valence-electron chi connectivity index (χ0n) is 18.6. The molecule has 0 bridgehead atoms. The topological polar surface area (TPSA) is 131 Å². The summed E-state index contributed by atoms with van der Waals surface area (Å²) in [5, 5.41) is 22.2. The smallest absolute Gasteiger partial charge is 0.349 e. The van der Waals surface area contributed by atoms with Gasteiger partial charge in [0.05, 0.1) is 33.1 Å². The van der Waals surface area contributed by atoms with E-state index in [2.05, 4.69) is 15.9 Å². The minimum Gasteiger partial charge on any atom is -0.493 e. The highest BCUT2D eigenvalue weighted by Crippen LogP contribution is 2.31. The lowest BCUT2D eigenvalue weighted by Gasteiger charge is -2.11. The van der Waals surface area contributed by atoms with E-state index in [9.17, 15) is 25.0 Å². The van der Waals surface area contributed by atoms with E-state index in [0.29, 0.717) is 15.8 Å². The van der Waals surface area contributed by atoms with Crippen LogP contribution in [0.3, 0.4) is 0 Å². The number of aryl methyl sites for hydroxylation is 1. The van der Waals surface area contributed by atoms with Crippen LogP contribution in [-0.2, 0) is 4.79 Å². The van der Waals surface area contributed by atoms with Gasteiger partial charge in [-0.2, -0.15) is 0 Å². The highest BCUT2D eigenvalue weighted by atomic mass is 79.9. The Balaban J connectivity index is 1.72. The Hall–Kier alpha value is -4.25. The van der Waals surface area contributed by atoms with Gasteiger partial charge >= 0.3 is 5.97 Å². The fraction of sp³-hybridized carbons (Fsp3) is 0.125. The summed E-state index contributed by atoms with van der Waals surface area (Å²) in [6, 6.07) is 13.6. The Morgan fingerprint density at radius 1 is 0.943 bits per heavy atom. The molecule has 35 heavy (non-hydrogen) atoms. The van der Waals surface area contributed by atoms with Crippen molar-refractivity contribution in [3.63, 3.8) is 0 Å². The fourth-order valence-electron chi connectivity index (χ4n) is 3.01. The van der Waals surface area contributed by atoms with Crippen LogP contribution in [0.1, 0.15) is 16.7 Å². The van der Waals surface area contributed by atoms with Crippen molar-refractivity contribution in [2.75, 3.05) is 13.7 Å². The first-order valence-corrected chi connectivity index (χ1v) is 10.9. The number of nitro groups is 2. The molecule has 0 aliphatic heterocycles. The van der Waals surface area contributed by atoms with Crippen LogP contribution in [0.2, 0.25) is 0 Å². The van der Waals surface area contributed by atoms with Gasteiger partial charge in [-0.1, -0.05) is 18.2 Å². The third kappa shape index (κ3) is 6.64. The molecule has 0 N–H and O–H groups in total. The molecule has 0 fully saturated rings. The molecular weight excluding hydrogens is 524 g/mol. The Labute approximate surface area is 208 Å². The van der Waals surface area contributed by atoms with E-state index in [1.54, 1.807) is 24.3 Å². The van der Waals surface area contributed by atoms with Crippen LogP contribution in [0, 0.1) is 27.2 Å². The van der Waals surface area contributed by atoms with E-state index in [1.807, 2.05) is 19.1 Å². The second kappa shape index (κ2) is 11.3. The summed E-state index contributed by atoms with van der Waals surface area (Å²) in [7, 11) is 1.40. The number of benzene rings is 3. The third-order valence-electron chi connectivity index (χ3n) is 4.72. The Morgan fingerprint density at radius 2 is 1.69 bits per heavy atom. The average Bonchev–Trinajstić information content (AvgIpc) is 2.82. The summed E-state index contributed by atoms with van der Waals surface area (Å²) < 4.78 is 16.8. The summed E-state index contributed by atoms with van der Waals surface area (Å²) in [5.41, 5.74) is 1.05. The number of nitrogens with zero attached hydrogens (tertiary/aromatic N) is 2. The van der Waals surface area contributed by atoms with Crippen LogP contribution in [0.15, 0.2) is 59.1 Å². The number of halogens is 1. The van der Waals surface area contributed by atoms with E-state index in [0.717, 1.165) is 11.6 Å². The van der Waals surface area contributed by atoms with Gasteiger partial charge in [0.15, 0.2) is 18.1 Å². The lowest BCUT2D eigenvalue weighted by Crippen LogP contribution is -2.18. The highest BCUT2D eigenvalue weighted by molar-refractivity contribution is 9.10. The van der Waals surface area contributed by atoms with Crippen molar-refractivity contribution in [2.24, 2.45) is 0 Å². The number of esters is 1. The Kier molecular flexibility index (Phi) is 8.16. The summed E-state index contributed by atoms with van der Waals surface area (Å²) in [6.07, 6.45) is 3.02. The number of carbonyl (C=O) groups excluding carboxylic acids is 1. The molecule has 10 nitrogen and oxygen atoms in total. The Bertz CT molecular complexity index is 1320. The normalized spacial score (nSPS) is 10.7. The summed E-state index contributed by atoms with van der Waals surface area (Å²) in [6.45, 7) is 1.61. The van der Waals surface area contributed by atoms with Crippen LogP contribution >= 0.6 is 15.9 Å². The molecule has 0 aliphatic carbocycles. The standard InChI is InChI=1S/C24H19BrN2O8/c1-15-3-9-21(19(25)11-15)34-14-24(28)35-22-10-5-16(12-23(22)33-2)4-6-17-7-8-18(26(29)30)13-20(17)27(31)32/h3-13H,14H2,1-2H3/b6-4+. The maximum atomic E-state index is 12.3. The maximum Gasteiger partial charge on any atom is 0.349 e. The van der Waals surface area contributed by atoms with Gasteiger partial charge in [-0.25, -0.2) is 4.79 Å². The molecule has 0 atom stereocenters. The number of carbonyl (C=O) groups is 1. The second-order valence-corrected chi connectivity index (χ2v) is 8.05. The molecule has 0 heterocycles. The fourth-order valence-corrected chi connectivity index (χ4v) is 3.62. The Morgan fingerprint density at radius 3 is 2.34 bits per heavy atom. The number of hydrogen-bond acceptors (Lipinski definition) is 8. The molecule has 0 saturated heterocycles. The molecule has 0 spiro atoms. The van der Waals surface area contributed by atoms with Crippen molar-refractivity contribution in [1.29, 1.82) is 0 Å². The molecule has 180 valence electrons. The van der Waals surface area contributed by atoms with Gasteiger partial charge in [-0.3, -0.25) is 20.2 Å². The van der Waals surface area contributed by atoms with Crippen LogP contribution < -0.4 is 14.2 Å². The molecule has 0 aromatic heterocycles. The number of non-ortho nitro benzene ring substituents is 1. The molecular formula is C24H19BrN2O8. The molecule has 0 radical (unpaired) electrons. The van der Waals surface area contributed by atoms with E-state index in [4.69, 9.17) is 14.2 Å². The number of rotatable bonds is 9. The summed E-state index contributed by atoms with van der Waals surface area (Å²) >= 11 is 3.38. The lowest BCUT2D eigenvalue weighted by atomic mass is 10.1. The second-order valence-electron chi connectivity index (χ2n) is 7.20. The monoisotopic (exact) mass is 542 g/mol. The van der Waals surface area contributed by atoms with E-state index >= 15 is 0 Å². The van der Waals surface area contributed by atoms with E-state index < -0.39 is 21.5 Å². The van der Waals surface area contributed by atoms with Crippen molar-refractivity contribution in [3.8, 4) is 17.2 Å². The van der Waals surface area contributed by atoms with Gasteiger partial charge in [0, 0.05) is 6.07 Å². The van der Waals surface area contributed by atoms with Crippen molar-refractivity contribution < 1.29 is 28.9 Å². The number of nitro benzene ring substituents is 2. The minimum atomic E-state index is -0.698. The zero-order chi connectivity index (χ0) is 25.5. The van der Waals surface area contributed by atoms with Gasteiger partial charge in [0.25, 0.3) is 11.4 Å². The first kappa shape index (κ1) is 25.4. The number of methoxy groups -OCH3 is 1. The predicted octanol–water partition coefficient (Wildman–Crippen LogP) is 5.74. The van der Waals surface area contributed by atoms with Crippen LogP contribution in [0.5, 0.6) is 17.2 Å². The molecule has 0 aliphatic rings. The largest absolute Gasteiger partial charge is 0.493 e. The SMILES string of the molecule is COc1cc(/C=C/c2ccc([N+](=O)[O-])cc2[N+](=O)[O-])ccc1OC(=O)COc1ccc(C)cc1Br. The summed E-state index contributed by atoms with van der Waals surface area (Å²) in [4.78, 5) is 33.1. The van der Waals surface area contributed by atoms with Gasteiger partial charge < -0.3 is 14.2 Å². The average molecular weight is 543 g/mol. The highest BCUT2D eigenvalue weighted by Gasteiger charge is 2.18. The molecule has 3 rings (SSSR count). The van der Waals surface area contributed by atoms with Crippen LogP contribution in [0.25, 0.3) is 12.2 Å². The molecule has 11 heteroatoms. The van der Waals surface area contributed by atoms with E-state index in [1.165, 1.54) is 31.4 Å². The van der Waals surface area contributed by atoms with Gasteiger partial charge in [-0.05, 0) is 70.4 Å². The number of hydrogen-bond donors (Lipinski definition) is 0. The quantitative estimate of drug-likeness (QED) is 0.110. The van der Waals surface area contributed by atoms with Crippen molar-refractivity contribution in [3.05, 3.63) is 96.0 Å². The van der Waals surface area contributed by atoms with Gasteiger partial charge in [0.1, 0.15) is 5.75 Å². The minimum absolute atomic E-state index is 0.169. The van der Waals surface area contributed by atoms with Crippen molar-refractivity contribution in [1.82, 2.24) is 0 Å². The first-order valence-electron chi connectivity index (χ1n) is 10.1. The molecule has 3 aromatic carbocycles. The summed E-state index contributed by atoms with van der Waals surface area (Å²) in [5.74, 6) is 0.290.